The largest absolute Gasteiger partial charge is 0.377 e. The summed E-state index contributed by atoms with van der Waals surface area (Å²) in [5, 5.41) is 8.27. The Hall–Kier alpha value is -2.87. The van der Waals surface area contributed by atoms with Crippen molar-refractivity contribution in [3.05, 3.63) is 46.6 Å². The average molecular weight is 383 g/mol. The fraction of sp³-hybridized carbons (Fsp3) is 0.316. The lowest BCUT2D eigenvalue weighted by Gasteiger charge is -2.24. The van der Waals surface area contributed by atoms with E-state index in [2.05, 4.69) is 10.4 Å². The Bertz CT molecular complexity index is 1040. The highest BCUT2D eigenvalue weighted by Gasteiger charge is 2.26. The van der Waals surface area contributed by atoms with Crippen molar-refractivity contribution in [2.24, 2.45) is 0 Å². The van der Waals surface area contributed by atoms with Gasteiger partial charge in [0.1, 0.15) is 5.69 Å². The molecular weight excluding hydrogens is 362 g/mol. The normalized spacial score (nSPS) is 13.7. The van der Waals surface area contributed by atoms with E-state index in [0.717, 1.165) is 21.3 Å². The molecule has 0 atom stereocenters. The van der Waals surface area contributed by atoms with Crippen LogP contribution < -0.4 is 10.2 Å². The van der Waals surface area contributed by atoms with Crippen LogP contribution in [0.1, 0.15) is 25.7 Å². The Morgan fingerprint density at radius 1 is 1.33 bits per heavy atom. The second-order valence-electron chi connectivity index (χ2n) is 6.84. The Morgan fingerprint density at radius 3 is 2.93 bits per heavy atom. The van der Waals surface area contributed by atoms with E-state index in [4.69, 9.17) is 0 Å². The van der Waals surface area contributed by atoms with Gasteiger partial charge in [-0.2, -0.15) is 5.10 Å². The van der Waals surface area contributed by atoms with E-state index < -0.39 is 0 Å². The summed E-state index contributed by atoms with van der Waals surface area (Å²) in [6, 6.07) is 7.98. The first kappa shape index (κ1) is 17.5. The van der Waals surface area contributed by atoms with Crippen LogP contribution in [-0.4, -0.2) is 54.2 Å². The van der Waals surface area contributed by atoms with Gasteiger partial charge in [-0.15, -0.1) is 11.3 Å². The Labute approximate surface area is 161 Å². The highest BCUT2D eigenvalue weighted by atomic mass is 32.1. The van der Waals surface area contributed by atoms with Gasteiger partial charge in [0.2, 0.25) is 0 Å². The van der Waals surface area contributed by atoms with Crippen LogP contribution in [0.5, 0.6) is 0 Å². The summed E-state index contributed by atoms with van der Waals surface area (Å²) >= 11 is 1.47. The quantitative estimate of drug-likeness (QED) is 0.750. The Kier molecular flexibility index (Phi) is 4.35. The van der Waals surface area contributed by atoms with Crippen molar-refractivity contribution < 1.29 is 9.59 Å². The molecule has 140 valence electrons. The predicted molar refractivity (Wildman–Crippen MR) is 107 cm³/mol. The predicted octanol–water partition coefficient (Wildman–Crippen LogP) is 2.18. The van der Waals surface area contributed by atoms with Gasteiger partial charge in [-0.1, -0.05) is 6.07 Å². The summed E-state index contributed by atoms with van der Waals surface area (Å²) in [6.45, 7) is 1.60. The minimum absolute atomic E-state index is 0.0551. The molecule has 0 radical (unpaired) electrons. The molecule has 0 saturated heterocycles. The van der Waals surface area contributed by atoms with Crippen LogP contribution in [0.25, 0.3) is 10.1 Å². The molecule has 0 fully saturated rings. The van der Waals surface area contributed by atoms with Crippen LogP contribution in [0.2, 0.25) is 0 Å². The number of rotatable bonds is 4. The van der Waals surface area contributed by atoms with E-state index in [0.29, 0.717) is 23.7 Å². The van der Waals surface area contributed by atoms with E-state index in [1.165, 1.54) is 11.3 Å². The molecule has 2 amide bonds. The number of likely N-dealkylation sites (N-methyl/N-ethyl adjacent to an activating group) is 1. The number of thiophene rings is 1. The van der Waals surface area contributed by atoms with Crippen LogP contribution in [-0.2, 0) is 13.1 Å². The lowest BCUT2D eigenvalue weighted by atomic mass is 10.2. The minimum atomic E-state index is -0.141. The van der Waals surface area contributed by atoms with Crippen molar-refractivity contribution in [3.8, 4) is 0 Å². The summed E-state index contributed by atoms with van der Waals surface area (Å²) in [7, 11) is 5.76. The van der Waals surface area contributed by atoms with E-state index >= 15 is 0 Å². The zero-order valence-corrected chi connectivity index (χ0v) is 16.3. The van der Waals surface area contributed by atoms with Gasteiger partial charge in [-0.25, -0.2) is 0 Å². The number of benzene rings is 1. The molecule has 7 nitrogen and oxygen atoms in total. The molecule has 2 aromatic heterocycles. The first-order valence-electron chi connectivity index (χ1n) is 8.74. The van der Waals surface area contributed by atoms with Crippen LogP contribution in [0, 0.1) is 0 Å². The number of hydrogen-bond acceptors (Lipinski definition) is 5. The lowest BCUT2D eigenvalue weighted by molar-refractivity contribution is 0.0740. The number of nitrogens with zero attached hydrogens (tertiary/aromatic N) is 4. The van der Waals surface area contributed by atoms with E-state index in [1.54, 1.807) is 22.8 Å². The molecule has 1 aliphatic heterocycles. The molecule has 1 N–H and O–H groups in total. The van der Waals surface area contributed by atoms with Crippen molar-refractivity contribution in [2.75, 3.05) is 32.6 Å². The topological polar surface area (TPSA) is 70.5 Å². The van der Waals surface area contributed by atoms with E-state index in [1.807, 2.05) is 43.3 Å². The molecule has 1 aliphatic rings. The third-order valence-electron chi connectivity index (χ3n) is 4.80. The second-order valence-corrected chi connectivity index (χ2v) is 7.93. The van der Waals surface area contributed by atoms with Gasteiger partial charge in [0.15, 0.2) is 0 Å². The van der Waals surface area contributed by atoms with Gasteiger partial charge in [-0.05, 0) is 18.2 Å². The molecule has 0 bridgehead atoms. The van der Waals surface area contributed by atoms with Crippen LogP contribution in [0.4, 0.5) is 5.69 Å². The lowest BCUT2D eigenvalue weighted by Crippen LogP contribution is -2.38. The van der Waals surface area contributed by atoms with Crippen molar-refractivity contribution in [1.82, 2.24) is 20.0 Å². The summed E-state index contributed by atoms with van der Waals surface area (Å²) in [5.74, 6) is -0.196. The zero-order valence-electron chi connectivity index (χ0n) is 15.5. The Balaban J connectivity index is 1.54. The first-order chi connectivity index (χ1) is 13.0. The number of fused-ring (bicyclic) bond motifs is 2. The van der Waals surface area contributed by atoms with Crippen molar-refractivity contribution in [1.29, 1.82) is 0 Å². The molecular formula is C19H21N5O2S. The van der Waals surface area contributed by atoms with Crippen molar-refractivity contribution in [3.63, 3.8) is 0 Å². The Morgan fingerprint density at radius 2 is 2.15 bits per heavy atom. The molecule has 0 spiro atoms. The molecule has 0 saturated carbocycles. The molecule has 0 unspecified atom stereocenters. The average Bonchev–Trinajstić information content (AvgIpc) is 3.26. The standard InChI is InChI=1S/C19H21N5O2S/c1-22(2)14-5-4-6-15-13(14)9-16(27-15)18(25)20-10-12-11-21-24-8-7-23(3)19(26)17(12)24/h4-6,9,11H,7-8,10H2,1-3H3,(H,20,25). The maximum absolute atomic E-state index is 12.7. The first-order valence-corrected chi connectivity index (χ1v) is 9.55. The molecule has 1 aromatic carbocycles. The highest BCUT2D eigenvalue weighted by molar-refractivity contribution is 7.20. The maximum atomic E-state index is 12.7. The molecule has 8 heteroatoms. The van der Waals surface area contributed by atoms with Gasteiger partial charge in [-0.3, -0.25) is 14.3 Å². The summed E-state index contributed by atoms with van der Waals surface area (Å²) < 4.78 is 2.79. The number of carbonyl (C=O) groups excluding carboxylic acids is 2. The van der Waals surface area contributed by atoms with E-state index in [9.17, 15) is 9.59 Å². The van der Waals surface area contributed by atoms with Crippen molar-refractivity contribution in [2.45, 2.75) is 13.1 Å². The van der Waals surface area contributed by atoms with Crippen LogP contribution in [0.15, 0.2) is 30.5 Å². The van der Waals surface area contributed by atoms with Gasteiger partial charge in [0.05, 0.1) is 17.6 Å². The third kappa shape index (κ3) is 3.06. The number of nitrogens with one attached hydrogen (secondary N) is 1. The molecule has 4 rings (SSSR count). The summed E-state index contributed by atoms with van der Waals surface area (Å²) in [6.07, 6.45) is 1.67. The van der Waals surface area contributed by atoms with Crippen LogP contribution >= 0.6 is 11.3 Å². The minimum Gasteiger partial charge on any atom is -0.377 e. The SMILES string of the molecule is CN1CCn2ncc(CNC(=O)c3cc4c(N(C)C)cccc4s3)c2C1=O. The third-order valence-corrected chi connectivity index (χ3v) is 5.89. The van der Waals surface area contributed by atoms with Gasteiger partial charge < -0.3 is 15.1 Å². The number of aromatic nitrogens is 2. The van der Waals surface area contributed by atoms with Crippen molar-refractivity contribution >= 4 is 38.9 Å². The smallest absolute Gasteiger partial charge is 0.272 e. The summed E-state index contributed by atoms with van der Waals surface area (Å²) in [4.78, 5) is 29.4. The fourth-order valence-corrected chi connectivity index (χ4v) is 4.31. The van der Waals surface area contributed by atoms with Gasteiger partial charge in [0.25, 0.3) is 11.8 Å². The fourth-order valence-electron chi connectivity index (χ4n) is 3.31. The highest BCUT2D eigenvalue weighted by Crippen LogP contribution is 2.32. The molecule has 3 aromatic rings. The maximum Gasteiger partial charge on any atom is 0.272 e. The summed E-state index contributed by atoms with van der Waals surface area (Å²) in [5.41, 5.74) is 2.40. The number of anilines is 1. The molecule has 27 heavy (non-hydrogen) atoms. The zero-order chi connectivity index (χ0) is 19.1. The second kappa shape index (κ2) is 6.70. The van der Waals surface area contributed by atoms with Crippen LogP contribution in [0.3, 0.4) is 0 Å². The number of hydrogen-bond donors (Lipinski definition) is 1. The number of carbonyl (C=O) groups is 2. The van der Waals surface area contributed by atoms with E-state index in [-0.39, 0.29) is 18.4 Å². The van der Waals surface area contributed by atoms with Gasteiger partial charge in [0, 0.05) is 55.6 Å². The van der Waals surface area contributed by atoms with Gasteiger partial charge >= 0.3 is 0 Å². The monoisotopic (exact) mass is 383 g/mol. The molecule has 3 heterocycles. The number of amides is 2. The molecule has 0 aliphatic carbocycles.